The third-order valence-corrected chi connectivity index (χ3v) is 21.2. The first kappa shape index (κ1) is 93.7. The molecule has 10 aliphatic heterocycles. The maximum atomic E-state index is 12.7. The highest BCUT2D eigenvalue weighted by Crippen LogP contribution is 2.40. The molecular weight excluding hydrogens is 1570 g/mol. The Balaban J connectivity index is 1.00. The highest BCUT2D eigenvalue weighted by atomic mass is 16.8. The Kier molecular flexibility index (Phi) is 33.4. The van der Waals surface area contributed by atoms with Crippen LogP contribution in [0.25, 0.3) is 0 Å². The van der Waals surface area contributed by atoms with Crippen molar-refractivity contribution >= 4 is 5.91 Å². The summed E-state index contributed by atoms with van der Waals surface area (Å²) in [6, 6.07) is -1.83. The number of carbonyl (C=O) groups excluding carboxylic acids is 1. The van der Waals surface area contributed by atoms with Crippen LogP contribution in [0.2, 0.25) is 0 Å². The first-order valence-electron chi connectivity index (χ1n) is 36.2. The van der Waals surface area contributed by atoms with E-state index in [1.54, 1.807) is 0 Å². The van der Waals surface area contributed by atoms with Gasteiger partial charge in [0.2, 0.25) is 5.91 Å². The Hall–Kier alpha value is -2.53. The molecule has 10 rings (SSSR count). The van der Waals surface area contributed by atoms with Crippen molar-refractivity contribution in [2.75, 3.05) is 66.1 Å². The van der Waals surface area contributed by atoms with Crippen LogP contribution < -0.4 is 5.32 Å². The number of hydrogen-bond donors (Lipinski definition) is 32. The Morgan fingerprint density at radius 1 is 0.228 bits per heavy atom. The van der Waals surface area contributed by atoms with Crippen LogP contribution in [-0.2, 0) is 94.8 Å². The van der Waals surface area contributed by atoms with E-state index in [1.807, 2.05) is 0 Å². The summed E-state index contributed by atoms with van der Waals surface area (Å²) in [4.78, 5) is 12.4. The van der Waals surface area contributed by atoms with Gasteiger partial charge in [-0.1, -0.05) is 0 Å². The molecule has 10 aliphatic rings. The van der Waals surface area contributed by atoms with Crippen LogP contribution in [0, 0.1) is 0 Å². The van der Waals surface area contributed by atoms with Crippen LogP contribution in [0.3, 0.4) is 0 Å². The SMILES string of the molecule is CC(=O)N[C@H]1C(O)O[C@H](CO)[C@@H](O[C@@H]2O[C@H](CO[C@H]3O[C@H](CO[C@H]4O[C@H](CO)[C@@H](O)[C@H](O)[C@@H]4O[C@H]4O[C@H](CO)[C@@H](O)[C@H](O)[C@@H]4O)[C@@H](O)[C@H](O[C@H]4O[C@H](CO)[C@@H](O)[C@H](O)[C@@H]4O)[C@@H]3O)[C@@H](O)[C@H](O[C@H]3O[C@H](CO[C@H]4O[C@H](CO)[C@@H](O)[C@@H](O)[C@@H]4O)[C@@H](O)[C@H](O)[C@@H]3O[C@H]3O[C@H](CO)[C@@H](O)[C@H](O)[C@@H]3O[C@H]3O[C@H](CO)[C@@H](O)[C@H](O)[C@@H]3O)[C@@H]2O)[C@@H]1O. The molecule has 0 aromatic rings. The van der Waals surface area contributed by atoms with Crippen molar-refractivity contribution in [1.29, 1.82) is 0 Å². The summed E-state index contributed by atoms with van der Waals surface area (Å²) in [5.74, 6) is -0.891. The number of amides is 1. The van der Waals surface area contributed by atoms with Gasteiger partial charge in [-0.25, -0.2) is 0 Å². The predicted molar refractivity (Wildman–Crippen MR) is 341 cm³/mol. The number of ether oxygens (including phenoxy) is 19. The van der Waals surface area contributed by atoms with Crippen molar-refractivity contribution in [1.82, 2.24) is 5.32 Å². The molecule has 50 atom stereocenters. The van der Waals surface area contributed by atoms with Crippen LogP contribution in [0.5, 0.6) is 0 Å². The molecule has 0 spiro atoms. The van der Waals surface area contributed by atoms with E-state index in [0.717, 1.165) is 6.92 Å². The predicted octanol–water partition coefficient (Wildman–Crippen LogP) is -22.7. The van der Waals surface area contributed by atoms with Gasteiger partial charge in [0.15, 0.2) is 62.9 Å². The van der Waals surface area contributed by atoms with E-state index in [-0.39, 0.29) is 0 Å². The van der Waals surface area contributed by atoms with E-state index in [4.69, 9.17) is 90.0 Å². The fraction of sp³-hybridized carbons (Fsp3) is 0.984. The number of rotatable bonds is 29. The summed E-state index contributed by atoms with van der Waals surface area (Å²) in [5.41, 5.74) is 0. The molecule has 10 saturated heterocycles. The van der Waals surface area contributed by atoms with Crippen molar-refractivity contribution in [3.05, 3.63) is 0 Å². The molecule has 664 valence electrons. The Labute approximate surface area is 642 Å². The van der Waals surface area contributed by atoms with Crippen molar-refractivity contribution < 1.29 is 253 Å². The lowest BCUT2D eigenvalue weighted by Crippen LogP contribution is -2.69. The molecule has 10 fully saturated rings. The molecule has 114 heavy (non-hydrogen) atoms. The molecule has 0 radical (unpaired) electrons. The van der Waals surface area contributed by atoms with Gasteiger partial charge < -0.3 is 254 Å². The monoisotopic (exact) mass is 1680 g/mol. The number of hydrogen-bond acceptors (Lipinski definition) is 51. The van der Waals surface area contributed by atoms with Gasteiger partial charge in [-0.05, 0) is 0 Å². The fourth-order valence-corrected chi connectivity index (χ4v) is 14.5. The first-order chi connectivity index (χ1) is 54.0. The first-order valence-corrected chi connectivity index (χ1v) is 36.2. The molecule has 0 aromatic carbocycles. The zero-order valence-electron chi connectivity index (χ0n) is 60.0. The highest BCUT2D eigenvalue weighted by molar-refractivity contribution is 5.73. The van der Waals surface area contributed by atoms with Gasteiger partial charge in [-0.15, -0.1) is 0 Å². The van der Waals surface area contributed by atoms with E-state index >= 15 is 0 Å². The van der Waals surface area contributed by atoms with Crippen molar-refractivity contribution in [3.63, 3.8) is 0 Å². The quantitative estimate of drug-likeness (QED) is 0.0331. The minimum absolute atomic E-state index is 0.891. The second-order valence-electron chi connectivity index (χ2n) is 28.8. The van der Waals surface area contributed by atoms with Crippen LogP contribution in [0.4, 0.5) is 0 Å². The van der Waals surface area contributed by atoms with Gasteiger partial charge >= 0.3 is 0 Å². The van der Waals surface area contributed by atoms with Crippen molar-refractivity contribution in [2.24, 2.45) is 0 Å². The van der Waals surface area contributed by atoms with E-state index in [9.17, 15) is 163 Å². The van der Waals surface area contributed by atoms with Crippen molar-refractivity contribution in [3.8, 4) is 0 Å². The van der Waals surface area contributed by atoms with Crippen LogP contribution in [0.15, 0.2) is 0 Å². The molecule has 1 amide bonds. The zero-order valence-corrected chi connectivity index (χ0v) is 60.0. The molecular formula is C62H105NO51. The summed E-state index contributed by atoms with van der Waals surface area (Å²) in [6.45, 7) is -10.0. The topological polar surface area (TPSA) is 832 Å². The molecule has 52 nitrogen and oxygen atoms in total. The third kappa shape index (κ3) is 19.9. The number of carbonyl (C=O) groups is 1. The van der Waals surface area contributed by atoms with Gasteiger partial charge in [0.1, 0.15) is 244 Å². The molecule has 10 heterocycles. The number of nitrogens with one attached hydrogen (secondary N) is 1. The van der Waals surface area contributed by atoms with E-state index < -0.39 is 379 Å². The largest absolute Gasteiger partial charge is 0.394 e. The molecule has 1 unspecified atom stereocenters. The average molecular weight is 1680 g/mol. The fourth-order valence-electron chi connectivity index (χ4n) is 14.5. The third-order valence-electron chi connectivity index (χ3n) is 21.2. The maximum absolute atomic E-state index is 12.7. The Morgan fingerprint density at radius 2 is 0.465 bits per heavy atom. The van der Waals surface area contributed by atoms with Gasteiger partial charge in [-0.3, -0.25) is 4.79 Å². The normalized spacial score (nSPS) is 52.6. The van der Waals surface area contributed by atoms with Gasteiger partial charge in [-0.2, -0.15) is 0 Å². The Morgan fingerprint density at radius 3 is 0.851 bits per heavy atom. The average Bonchev–Trinajstić information content (AvgIpc) is 0.764. The molecule has 0 bridgehead atoms. The standard InChI is InChI=1S/C62H105NO51/c1-12(71)63-23-33(81)47(19(8-70)99-53(23)95)109-59-46(94)49(111-62-52(40(88)30(78)20(108-62)9-96-54-41(89)34(82)24(72)13(2-64)100-54)114-61-51(39(87)29(77)18(7-69)105-61)113-58-44(92)37(85)27(75)16(5-67)103-58)32(80)22(107-59)10-97-55-45(93)48(110-56-42(90)35(83)25(73)14(3-65)101-56)31(79)21(106-55)11-98-60-50(38(86)28(76)17(6-68)104-60)112-57-43(91)36(84)26(74)15(4-66)102-57/h13-62,64-70,72-95H,2-11H2,1H3,(H,63,71)/t13-,14-,15-,16-,17-,18-,19-,20-,21-,22-,23-,24-,25-,26-,27-,28-,29-,30-,31-,32-,33-,34-,35+,36+,37+,38+,39+,40+,41+,42+,43+,44+,45+,46+,47-,48+,49+,50+,51+,52+,53?,54+,55+,56-,57-,58-,59+,60+,61-,62-/m1/s1. The molecule has 32 N–H and O–H groups in total. The molecule has 0 aromatic heterocycles. The molecule has 0 aliphatic carbocycles. The Bertz CT molecular complexity index is 2910. The van der Waals surface area contributed by atoms with E-state index in [0.29, 0.717) is 0 Å². The van der Waals surface area contributed by atoms with Crippen LogP contribution in [-0.4, -0.2) is 537 Å². The van der Waals surface area contributed by atoms with E-state index in [2.05, 4.69) is 5.32 Å². The minimum Gasteiger partial charge on any atom is -0.394 e. The summed E-state index contributed by atoms with van der Waals surface area (Å²) >= 11 is 0. The number of aliphatic hydroxyl groups excluding tert-OH is 31. The lowest BCUT2D eigenvalue weighted by molar-refractivity contribution is -0.409. The van der Waals surface area contributed by atoms with Gasteiger partial charge in [0.05, 0.1) is 66.1 Å². The van der Waals surface area contributed by atoms with Crippen LogP contribution >= 0.6 is 0 Å². The lowest BCUT2D eigenvalue weighted by Gasteiger charge is -2.50. The molecule has 52 heteroatoms. The van der Waals surface area contributed by atoms with Crippen LogP contribution in [0.1, 0.15) is 6.92 Å². The lowest BCUT2D eigenvalue weighted by atomic mass is 9.94. The maximum Gasteiger partial charge on any atom is 0.217 e. The summed E-state index contributed by atoms with van der Waals surface area (Å²) < 4.78 is 110. The second-order valence-corrected chi connectivity index (χ2v) is 28.8. The second kappa shape index (κ2) is 40.6. The minimum atomic E-state index is -2.63. The highest BCUT2D eigenvalue weighted by Gasteiger charge is 2.61. The summed E-state index contributed by atoms with van der Waals surface area (Å²) in [5, 5.41) is 343. The van der Waals surface area contributed by atoms with Gasteiger partial charge in [0.25, 0.3) is 0 Å². The summed E-state index contributed by atoms with van der Waals surface area (Å²) in [7, 11) is 0. The zero-order chi connectivity index (χ0) is 83.7. The van der Waals surface area contributed by atoms with Gasteiger partial charge in [0, 0.05) is 6.92 Å². The molecule has 0 saturated carbocycles. The smallest absolute Gasteiger partial charge is 0.217 e. The summed E-state index contributed by atoms with van der Waals surface area (Å²) in [6.07, 6.45) is -106. The van der Waals surface area contributed by atoms with Crippen molar-refractivity contribution in [2.45, 2.75) is 314 Å². The number of aliphatic hydroxyl groups is 31. The van der Waals surface area contributed by atoms with E-state index in [1.165, 1.54) is 0 Å².